The Morgan fingerprint density at radius 3 is 2.08 bits per heavy atom. The summed E-state index contributed by atoms with van der Waals surface area (Å²) in [5.74, 6) is -0.118. The van der Waals surface area contributed by atoms with E-state index in [1.807, 2.05) is 0 Å². The van der Waals surface area contributed by atoms with Gasteiger partial charge in [-0.3, -0.25) is 9.59 Å². The van der Waals surface area contributed by atoms with E-state index >= 15 is 0 Å². The maximum Gasteiger partial charge on any atom is 0.146 e. The molecule has 1 unspecified atom stereocenters. The summed E-state index contributed by atoms with van der Waals surface area (Å²) >= 11 is 0. The highest BCUT2D eigenvalue weighted by Gasteiger charge is 2.20. The molecular formula is C9H18N2O2. The quantitative estimate of drug-likeness (QED) is 0.598. The van der Waals surface area contributed by atoms with Crippen molar-refractivity contribution in [3.05, 3.63) is 0 Å². The summed E-state index contributed by atoms with van der Waals surface area (Å²) in [6.45, 7) is 3.32. The summed E-state index contributed by atoms with van der Waals surface area (Å²) in [5.41, 5.74) is 5.42. The van der Waals surface area contributed by atoms with Gasteiger partial charge in [0.1, 0.15) is 11.6 Å². The third-order valence-electron chi connectivity index (χ3n) is 2.22. The van der Waals surface area contributed by atoms with Gasteiger partial charge in [0.2, 0.25) is 0 Å². The molecule has 0 aromatic heterocycles. The van der Waals surface area contributed by atoms with Crippen LogP contribution in [0.15, 0.2) is 0 Å². The van der Waals surface area contributed by atoms with Gasteiger partial charge in [-0.05, 0) is 27.3 Å². The zero-order valence-corrected chi connectivity index (χ0v) is 8.46. The summed E-state index contributed by atoms with van der Waals surface area (Å²) in [5, 5.41) is 2.86. The highest BCUT2D eigenvalue weighted by molar-refractivity contribution is 5.83. The third kappa shape index (κ3) is 4.15. The van der Waals surface area contributed by atoms with Crippen LogP contribution in [0, 0.1) is 5.92 Å². The van der Waals surface area contributed by atoms with E-state index in [1.165, 1.54) is 13.8 Å². The smallest absolute Gasteiger partial charge is 0.146 e. The van der Waals surface area contributed by atoms with Gasteiger partial charge in [0.05, 0.1) is 6.04 Å². The van der Waals surface area contributed by atoms with Crippen LogP contribution in [-0.4, -0.2) is 31.2 Å². The maximum absolute atomic E-state index is 11.0. The zero-order valence-electron chi connectivity index (χ0n) is 8.46. The van der Waals surface area contributed by atoms with Gasteiger partial charge >= 0.3 is 0 Å². The van der Waals surface area contributed by atoms with Crippen LogP contribution in [0.2, 0.25) is 0 Å². The Hall–Kier alpha value is -0.740. The number of Topliss-reactive ketones (excluding diaryl/α,β-unsaturated/α-hetero) is 2. The number of carbonyl (C=O) groups excluding carboxylic acids is 2. The van der Waals surface area contributed by atoms with Gasteiger partial charge < -0.3 is 11.1 Å². The van der Waals surface area contributed by atoms with Crippen LogP contribution in [-0.2, 0) is 9.59 Å². The summed E-state index contributed by atoms with van der Waals surface area (Å²) < 4.78 is 0. The first-order chi connectivity index (χ1) is 6.02. The molecule has 0 aromatic carbocycles. The highest BCUT2D eigenvalue weighted by atomic mass is 16.1. The summed E-state index contributed by atoms with van der Waals surface area (Å²) in [4.78, 5) is 22.1. The topological polar surface area (TPSA) is 72.2 Å². The van der Waals surface area contributed by atoms with Crippen LogP contribution in [0.3, 0.4) is 0 Å². The van der Waals surface area contributed by atoms with Gasteiger partial charge in [0, 0.05) is 12.5 Å². The van der Waals surface area contributed by atoms with E-state index in [1.54, 1.807) is 7.05 Å². The van der Waals surface area contributed by atoms with Gasteiger partial charge in [-0.1, -0.05) is 0 Å². The Bertz CT molecular complexity index is 172. The molecule has 0 bridgehead atoms. The predicted molar refractivity (Wildman–Crippen MR) is 51.4 cm³/mol. The molecule has 0 radical (unpaired) electrons. The van der Waals surface area contributed by atoms with E-state index < -0.39 is 0 Å². The molecular weight excluding hydrogens is 168 g/mol. The standard InChI is InChI=1S/C9H18N2O2/c1-6(12)8(5-10)4-9(11-3)7(2)13/h8-9,11H,4-5,10H2,1-3H3/t8?,9-/m0/s1. The Kier molecular flexibility index (Phi) is 5.50. The van der Waals surface area contributed by atoms with E-state index in [4.69, 9.17) is 5.73 Å². The van der Waals surface area contributed by atoms with Crippen molar-refractivity contribution in [2.75, 3.05) is 13.6 Å². The first-order valence-corrected chi connectivity index (χ1v) is 4.41. The second-order valence-corrected chi connectivity index (χ2v) is 3.23. The highest BCUT2D eigenvalue weighted by Crippen LogP contribution is 2.07. The summed E-state index contributed by atoms with van der Waals surface area (Å²) in [7, 11) is 1.71. The van der Waals surface area contributed by atoms with Crippen LogP contribution in [0.5, 0.6) is 0 Å². The predicted octanol–water partition coefficient (Wildman–Crippen LogP) is -0.283. The van der Waals surface area contributed by atoms with Crippen LogP contribution in [0.1, 0.15) is 20.3 Å². The maximum atomic E-state index is 11.0. The van der Waals surface area contributed by atoms with Crippen molar-refractivity contribution < 1.29 is 9.59 Å². The van der Waals surface area contributed by atoms with E-state index in [-0.39, 0.29) is 23.5 Å². The fraction of sp³-hybridized carbons (Fsp3) is 0.778. The van der Waals surface area contributed by atoms with E-state index in [9.17, 15) is 9.59 Å². The number of nitrogens with one attached hydrogen (secondary N) is 1. The van der Waals surface area contributed by atoms with Crippen LogP contribution in [0.25, 0.3) is 0 Å². The number of likely N-dealkylation sites (N-methyl/N-ethyl adjacent to an activating group) is 1. The number of hydrogen-bond donors (Lipinski definition) is 2. The number of carbonyl (C=O) groups is 2. The molecule has 4 nitrogen and oxygen atoms in total. The first-order valence-electron chi connectivity index (χ1n) is 4.41. The molecule has 3 N–H and O–H groups in total. The van der Waals surface area contributed by atoms with Crippen LogP contribution in [0.4, 0.5) is 0 Å². The van der Waals surface area contributed by atoms with E-state index in [2.05, 4.69) is 5.32 Å². The average molecular weight is 186 g/mol. The molecule has 13 heavy (non-hydrogen) atoms. The minimum absolute atomic E-state index is 0.0437. The normalized spacial score (nSPS) is 15.1. The van der Waals surface area contributed by atoms with Gasteiger partial charge in [0.25, 0.3) is 0 Å². The molecule has 0 spiro atoms. The lowest BCUT2D eigenvalue weighted by molar-refractivity contribution is -0.122. The number of rotatable bonds is 6. The Labute approximate surface area is 78.9 Å². The Balaban J connectivity index is 4.19. The van der Waals surface area contributed by atoms with E-state index in [0.29, 0.717) is 13.0 Å². The lowest BCUT2D eigenvalue weighted by Crippen LogP contribution is -2.37. The van der Waals surface area contributed by atoms with Crippen molar-refractivity contribution in [3.8, 4) is 0 Å². The largest absolute Gasteiger partial charge is 0.330 e. The monoisotopic (exact) mass is 186 g/mol. The van der Waals surface area contributed by atoms with Crippen molar-refractivity contribution >= 4 is 11.6 Å². The molecule has 0 fully saturated rings. The van der Waals surface area contributed by atoms with Crippen LogP contribution < -0.4 is 11.1 Å². The number of hydrogen-bond acceptors (Lipinski definition) is 4. The van der Waals surface area contributed by atoms with Gasteiger partial charge in [-0.25, -0.2) is 0 Å². The Morgan fingerprint density at radius 2 is 1.85 bits per heavy atom. The molecule has 4 heteroatoms. The summed E-state index contributed by atoms with van der Waals surface area (Å²) in [6.07, 6.45) is 0.498. The zero-order chi connectivity index (χ0) is 10.4. The van der Waals surface area contributed by atoms with Crippen molar-refractivity contribution in [3.63, 3.8) is 0 Å². The van der Waals surface area contributed by atoms with Gasteiger partial charge in [0.15, 0.2) is 0 Å². The molecule has 0 aliphatic rings. The second kappa shape index (κ2) is 5.83. The molecule has 2 atom stereocenters. The van der Waals surface area contributed by atoms with Gasteiger partial charge in [-0.15, -0.1) is 0 Å². The molecule has 0 aliphatic heterocycles. The third-order valence-corrected chi connectivity index (χ3v) is 2.22. The van der Waals surface area contributed by atoms with Crippen molar-refractivity contribution in [2.45, 2.75) is 26.3 Å². The number of ketones is 2. The van der Waals surface area contributed by atoms with Crippen molar-refractivity contribution in [1.29, 1.82) is 0 Å². The lowest BCUT2D eigenvalue weighted by Gasteiger charge is -2.17. The molecule has 0 aliphatic carbocycles. The summed E-state index contributed by atoms with van der Waals surface area (Å²) in [6, 6.07) is -0.252. The molecule has 0 saturated heterocycles. The SMILES string of the molecule is CN[C@@H](CC(CN)C(C)=O)C(C)=O. The van der Waals surface area contributed by atoms with Crippen LogP contribution >= 0.6 is 0 Å². The minimum Gasteiger partial charge on any atom is -0.330 e. The van der Waals surface area contributed by atoms with Crippen molar-refractivity contribution in [2.24, 2.45) is 11.7 Å². The molecule has 0 aromatic rings. The second-order valence-electron chi connectivity index (χ2n) is 3.23. The Morgan fingerprint density at radius 1 is 1.31 bits per heavy atom. The van der Waals surface area contributed by atoms with E-state index in [0.717, 1.165) is 0 Å². The number of nitrogens with two attached hydrogens (primary N) is 1. The molecule has 0 saturated carbocycles. The molecule has 0 heterocycles. The van der Waals surface area contributed by atoms with Gasteiger partial charge in [-0.2, -0.15) is 0 Å². The fourth-order valence-corrected chi connectivity index (χ4v) is 1.20. The molecule has 0 rings (SSSR count). The average Bonchev–Trinajstić information content (AvgIpc) is 2.05. The molecule has 76 valence electrons. The minimum atomic E-state index is -0.252. The molecule has 0 amide bonds. The fourth-order valence-electron chi connectivity index (χ4n) is 1.20. The lowest BCUT2D eigenvalue weighted by atomic mass is 9.95. The first kappa shape index (κ1) is 12.3. The van der Waals surface area contributed by atoms with Crippen molar-refractivity contribution in [1.82, 2.24) is 5.32 Å².